The smallest absolute Gasteiger partial charge is 0.264 e. The monoisotopic (exact) mass is 281 g/mol. The number of carbonyl (C=O) groups is 1. The maximum absolute atomic E-state index is 11.6. The molecule has 1 N–H and O–H groups in total. The number of pyridine rings is 1. The van der Waals surface area contributed by atoms with Crippen molar-refractivity contribution < 1.29 is 9.53 Å². The Morgan fingerprint density at radius 3 is 2.71 bits per heavy atom. The first-order valence-corrected chi connectivity index (χ1v) is 6.34. The second kappa shape index (κ2) is 7.59. The number of aromatic nitrogens is 1. The summed E-state index contributed by atoms with van der Waals surface area (Å²) < 4.78 is 5.06. The van der Waals surface area contributed by atoms with Crippen LogP contribution in [0, 0.1) is 0 Å². The van der Waals surface area contributed by atoms with Gasteiger partial charge in [0.1, 0.15) is 5.75 Å². The average molecular weight is 281 g/mol. The standard InChI is InChI=1S/C16H15N3O2/c1-21-15-8-5-13(6-9-15)7-10-16(20)19-18-12-14-4-2-3-11-17-14/h2-12H,1H3,(H,19,20)/b10-7+,18-12+. The lowest BCUT2D eigenvalue weighted by Gasteiger charge is -1.99. The van der Waals surface area contributed by atoms with Crippen molar-refractivity contribution in [2.24, 2.45) is 5.10 Å². The lowest BCUT2D eigenvalue weighted by atomic mass is 10.2. The van der Waals surface area contributed by atoms with Gasteiger partial charge in [0, 0.05) is 12.3 Å². The molecule has 5 nitrogen and oxygen atoms in total. The zero-order valence-corrected chi connectivity index (χ0v) is 11.6. The minimum Gasteiger partial charge on any atom is -0.497 e. The maximum Gasteiger partial charge on any atom is 0.264 e. The number of carbonyl (C=O) groups excluding carboxylic acids is 1. The second-order valence-electron chi connectivity index (χ2n) is 4.10. The van der Waals surface area contributed by atoms with Crippen LogP contribution in [0.4, 0.5) is 0 Å². The van der Waals surface area contributed by atoms with Crippen LogP contribution in [0.2, 0.25) is 0 Å². The molecule has 1 amide bonds. The molecule has 0 radical (unpaired) electrons. The van der Waals surface area contributed by atoms with E-state index in [2.05, 4.69) is 15.5 Å². The van der Waals surface area contributed by atoms with Crippen LogP contribution in [0.25, 0.3) is 6.08 Å². The Kier molecular flexibility index (Phi) is 5.23. The van der Waals surface area contributed by atoms with Crippen molar-refractivity contribution in [2.45, 2.75) is 0 Å². The van der Waals surface area contributed by atoms with E-state index in [0.717, 1.165) is 11.3 Å². The number of amides is 1. The minimum atomic E-state index is -0.307. The fourth-order valence-electron chi connectivity index (χ4n) is 1.54. The molecule has 1 heterocycles. The number of rotatable bonds is 5. The fraction of sp³-hybridized carbons (Fsp3) is 0.0625. The van der Waals surface area contributed by atoms with Gasteiger partial charge in [0.2, 0.25) is 0 Å². The highest BCUT2D eigenvalue weighted by Gasteiger charge is 1.94. The molecule has 0 fully saturated rings. The molecule has 2 rings (SSSR count). The van der Waals surface area contributed by atoms with E-state index >= 15 is 0 Å². The van der Waals surface area contributed by atoms with Crippen LogP contribution in [0.3, 0.4) is 0 Å². The number of methoxy groups -OCH3 is 1. The summed E-state index contributed by atoms with van der Waals surface area (Å²) in [5.74, 6) is 0.467. The van der Waals surface area contributed by atoms with E-state index in [1.165, 1.54) is 12.3 Å². The molecule has 0 saturated heterocycles. The van der Waals surface area contributed by atoms with E-state index in [-0.39, 0.29) is 5.91 Å². The number of hydrogen-bond donors (Lipinski definition) is 1. The van der Waals surface area contributed by atoms with Gasteiger partial charge in [-0.05, 0) is 35.9 Å². The summed E-state index contributed by atoms with van der Waals surface area (Å²) in [6.07, 6.45) is 6.26. The van der Waals surface area contributed by atoms with Gasteiger partial charge in [-0.15, -0.1) is 0 Å². The molecule has 0 aliphatic carbocycles. The van der Waals surface area contributed by atoms with Gasteiger partial charge >= 0.3 is 0 Å². The van der Waals surface area contributed by atoms with Crippen LogP contribution in [0.15, 0.2) is 59.8 Å². The lowest BCUT2D eigenvalue weighted by Crippen LogP contribution is -2.14. The molecule has 0 aliphatic rings. The van der Waals surface area contributed by atoms with E-state index in [1.54, 1.807) is 25.4 Å². The van der Waals surface area contributed by atoms with E-state index in [4.69, 9.17) is 4.74 Å². The molecule has 2 aromatic rings. The van der Waals surface area contributed by atoms with E-state index in [1.807, 2.05) is 36.4 Å². The summed E-state index contributed by atoms with van der Waals surface area (Å²) in [7, 11) is 1.61. The van der Waals surface area contributed by atoms with Crippen molar-refractivity contribution in [2.75, 3.05) is 7.11 Å². The first kappa shape index (κ1) is 14.5. The Labute approximate surface area is 123 Å². The minimum absolute atomic E-state index is 0.307. The molecule has 0 spiro atoms. The first-order valence-electron chi connectivity index (χ1n) is 6.34. The van der Waals surface area contributed by atoms with Gasteiger partial charge in [0.25, 0.3) is 5.91 Å². The number of nitrogens with one attached hydrogen (secondary N) is 1. The summed E-state index contributed by atoms with van der Waals surface area (Å²) in [4.78, 5) is 15.6. The summed E-state index contributed by atoms with van der Waals surface area (Å²) in [5.41, 5.74) is 3.98. The van der Waals surface area contributed by atoms with Gasteiger partial charge in [-0.1, -0.05) is 18.2 Å². The molecule has 106 valence electrons. The van der Waals surface area contributed by atoms with Crippen LogP contribution in [0.5, 0.6) is 5.75 Å². The normalized spacial score (nSPS) is 10.9. The number of benzene rings is 1. The summed E-state index contributed by atoms with van der Waals surface area (Å²) >= 11 is 0. The van der Waals surface area contributed by atoms with E-state index in [0.29, 0.717) is 5.69 Å². The topological polar surface area (TPSA) is 63.6 Å². The Hall–Kier alpha value is -2.95. The zero-order valence-electron chi connectivity index (χ0n) is 11.6. The molecule has 0 atom stereocenters. The number of hydrogen-bond acceptors (Lipinski definition) is 4. The summed E-state index contributed by atoms with van der Waals surface area (Å²) in [6.45, 7) is 0. The SMILES string of the molecule is COc1ccc(/C=C/C(=O)N/N=C/c2ccccn2)cc1. The number of nitrogens with zero attached hydrogens (tertiary/aromatic N) is 2. The second-order valence-corrected chi connectivity index (χ2v) is 4.10. The molecule has 0 unspecified atom stereocenters. The average Bonchev–Trinajstić information content (AvgIpc) is 2.54. The van der Waals surface area contributed by atoms with Gasteiger partial charge in [-0.2, -0.15) is 5.10 Å². The molecule has 5 heteroatoms. The Bertz CT molecular complexity index is 634. The van der Waals surface area contributed by atoms with Crippen molar-refractivity contribution in [3.8, 4) is 5.75 Å². The molecular weight excluding hydrogens is 266 g/mol. The van der Waals surface area contributed by atoms with Crippen molar-refractivity contribution in [1.82, 2.24) is 10.4 Å². The predicted molar refractivity (Wildman–Crippen MR) is 82.0 cm³/mol. The van der Waals surface area contributed by atoms with Crippen LogP contribution in [0.1, 0.15) is 11.3 Å². The molecule has 1 aromatic heterocycles. The highest BCUT2D eigenvalue weighted by molar-refractivity contribution is 5.92. The van der Waals surface area contributed by atoms with Crippen molar-refractivity contribution in [1.29, 1.82) is 0 Å². The molecule has 0 aliphatic heterocycles. The molecule has 1 aromatic carbocycles. The molecule has 0 bridgehead atoms. The van der Waals surface area contributed by atoms with E-state index < -0.39 is 0 Å². The van der Waals surface area contributed by atoms with Crippen LogP contribution < -0.4 is 10.2 Å². The third kappa shape index (κ3) is 4.91. The van der Waals surface area contributed by atoms with Gasteiger partial charge in [0.05, 0.1) is 19.0 Å². The van der Waals surface area contributed by atoms with Gasteiger partial charge in [-0.3, -0.25) is 9.78 Å². The van der Waals surface area contributed by atoms with Crippen molar-refractivity contribution in [3.05, 3.63) is 66.0 Å². The molecule has 0 saturated carbocycles. The highest BCUT2D eigenvalue weighted by atomic mass is 16.5. The highest BCUT2D eigenvalue weighted by Crippen LogP contribution is 2.12. The Morgan fingerprint density at radius 2 is 2.05 bits per heavy atom. The molecule has 21 heavy (non-hydrogen) atoms. The van der Waals surface area contributed by atoms with Gasteiger partial charge < -0.3 is 4.74 Å². The predicted octanol–water partition coefficient (Wildman–Crippen LogP) is 2.25. The molecular formula is C16H15N3O2. The third-order valence-corrected chi connectivity index (χ3v) is 2.60. The first-order chi connectivity index (χ1) is 10.3. The van der Waals surface area contributed by atoms with Crippen LogP contribution >= 0.6 is 0 Å². The largest absolute Gasteiger partial charge is 0.497 e. The van der Waals surface area contributed by atoms with Crippen molar-refractivity contribution in [3.63, 3.8) is 0 Å². The zero-order chi connectivity index (χ0) is 14.9. The quantitative estimate of drug-likeness (QED) is 0.519. The Morgan fingerprint density at radius 1 is 1.24 bits per heavy atom. The number of hydrazone groups is 1. The van der Waals surface area contributed by atoms with Crippen molar-refractivity contribution >= 4 is 18.2 Å². The van der Waals surface area contributed by atoms with Gasteiger partial charge in [-0.25, -0.2) is 5.43 Å². The lowest BCUT2D eigenvalue weighted by molar-refractivity contribution is -0.116. The number of ether oxygens (including phenoxy) is 1. The summed E-state index contributed by atoms with van der Waals surface area (Å²) in [5, 5.41) is 3.82. The fourth-order valence-corrected chi connectivity index (χ4v) is 1.54. The Balaban J connectivity index is 1.86. The van der Waals surface area contributed by atoms with E-state index in [9.17, 15) is 4.79 Å². The summed E-state index contributed by atoms with van der Waals surface area (Å²) in [6, 6.07) is 12.8. The van der Waals surface area contributed by atoms with Crippen LogP contribution in [-0.4, -0.2) is 24.2 Å². The van der Waals surface area contributed by atoms with Gasteiger partial charge in [0.15, 0.2) is 0 Å². The third-order valence-electron chi connectivity index (χ3n) is 2.60. The van der Waals surface area contributed by atoms with Crippen LogP contribution in [-0.2, 0) is 4.79 Å². The maximum atomic E-state index is 11.6.